The van der Waals surface area contributed by atoms with E-state index in [1.165, 1.54) is 139 Å². The average Bonchev–Trinajstić information content (AvgIpc) is 3.78. The lowest BCUT2D eigenvalue weighted by atomic mass is 9.90. The van der Waals surface area contributed by atoms with Crippen LogP contribution in [0.3, 0.4) is 0 Å². The Morgan fingerprint density at radius 1 is 0.406 bits per heavy atom. The van der Waals surface area contributed by atoms with Crippen LogP contribution in [0.5, 0.6) is 0 Å². The van der Waals surface area contributed by atoms with Gasteiger partial charge in [0.15, 0.2) is 0 Å². The molecular formula is C58H68F3N3. The van der Waals surface area contributed by atoms with Crippen LogP contribution in [0, 0.1) is 122 Å². The summed E-state index contributed by atoms with van der Waals surface area (Å²) in [5.41, 5.74) is 29.0. The Kier molecular flexibility index (Phi) is 14.1. The molecule has 3 nitrogen and oxygen atoms in total. The van der Waals surface area contributed by atoms with E-state index in [0.29, 0.717) is 5.56 Å². The standard InChI is InChI=1S/2C21H27N.C14H8F3N.C2H6/c2*1-10-12(3)16(7)20-18(14(10)5)19-15(6)11(2)13(4)17(8)21(19)22(20)9;15-14(16,17)12-6-7-13(11(8-12)9-18)10-4-2-1-3-5-10;1-2/h2*1-9H3;1-8H;1-2H3. The molecule has 0 fully saturated rings. The maximum Gasteiger partial charge on any atom is 0.416 e. The van der Waals surface area contributed by atoms with Crippen molar-refractivity contribution in [2.75, 3.05) is 0 Å². The largest absolute Gasteiger partial charge is 0.416 e. The van der Waals surface area contributed by atoms with Crippen molar-refractivity contribution in [3.63, 3.8) is 0 Å². The van der Waals surface area contributed by atoms with E-state index in [4.69, 9.17) is 5.26 Å². The van der Waals surface area contributed by atoms with Gasteiger partial charge >= 0.3 is 6.18 Å². The molecule has 0 aliphatic heterocycles. The molecule has 2 aromatic heterocycles. The molecule has 2 heterocycles. The third kappa shape index (κ3) is 7.90. The Hall–Kier alpha value is -5.80. The molecule has 0 bridgehead atoms. The number of aromatic nitrogens is 2. The predicted octanol–water partition coefficient (Wildman–Crippen LogP) is 16.9. The Morgan fingerprint density at radius 2 is 0.688 bits per heavy atom. The Bertz CT molecular complexity index is 2870. The van der Waals surface area contributed by atoms with Crippen LogP contribution < -0.4 is 0 Å². The molecule has 6 aromatic carbocycles. The number of rotatable bonds is 1. The number of nitrogens with zero attached hydrogens (tertiary/aromatic N) is 3. The number of aryl methyl sites for hydroxylation is 10. The topological polar surface area (TPSA) is 33.6 Å². The Morgan fingerprint density at radius 3 is 0.953 bits per heavy atom. The monoisotopic (exact) mass is 864 g/mol. The minimum Gasteiger partial charge on any atom is -0.343 e. The van der Waals surface area contributed by atoms with E-state index >= 15 is 0 Å². The van der Waals surface area contributed by atoms with Gasteiger partial charge in [0, 0.05) is 35.6 Å². The molecule has 6 heteroatoms. The minimum atomic E-state index is -4.43. The highest BCUT2D eigenvalue weighted by Gasteiger charge is 2.31. The van der Waals surface area contributed by atoms with Gasteiger partial charge in [-0.05, 0) is 223 Å². The van der Waals surface area contributed by atoms with Crippen molar-refractivity contribution in [3.8, 4) is 17.2 Å². The third-order valence-corrected chi connectivity index (χ3v) is 15.0. The van der Waals surface area contributed by atoms with Crippen LogP contribution >= 0.6 is 0 Å². The molecule has 0 unspecified atom stereocenters. The highest BCUT2D eigenvalue weighted by atomic mass is 19.4. The van der Waals surface area contributed by atoms with E-state index < -0.39 is 11.7 Å². The predicted molar refractivity (Wildman–Crippen MR) is 270 cm³/mol. The average molecular weight is 864 g/mol. The van der Waals surface area contributed by atoms with E-state index in [0.717, 1.165) is 17.7 Å². The van der Waals surface area contributed by atoms with Gasteiger partial charge in [-0.3, -0.25) is 0 Å². The minimum absolute atomic E-state index is 0.0241. The van der Waals surface area contributed by atoms with E-state index in [9.17, 15) is 13.2 Å². The zero-order valence-corrected chi connectivity index (χ0v) is 42.1. The maximum atomic E-state index is 12.5. The number of alkyl halides is 3. The molecule has 0 amide bonds. The van der Waals surface area contributed by atoms with Crippen molar-refractivity contribution in [2.45, 2.75) is 131 Å². The first kappa shape index (κ1) is 49.2. The molecule has 0 atom stereocenters. The SMILES string of the molecule is CC.Cc1c(C)c(C)c2c(c1C)c1c(C)c(C)c(C)c(C)c1n2C.Cc1c(C)c(C)c2c(c1C)c1c(C)c(C)c(C)c(C)c1n2C.N#Cc1cc(C(F)(F)F)ccc1-c1ccccc1. The number of fused-ring (bicyclic) bond motifs is 6. The van der Waals surface area contributed by atoms with Crippen molar-refractivity contribution in [2.24, 2.45) is 14.1 Å². The van der Waals surface area contributed by atoms with E-state index in [2.05, 4.69) is 134 Å². The zero-order valence-electron chi connectivity index (χ0n) is 42.1. The van der Waals surface area contributed by atoms with Crippen LogP contribution in [0.25, 0.3) is 54.7 Å². The summed E-state index contributed by atoms with van der Waals surface area (Å²) < 4.78 is 42.4. The Balaban J connectivity index is 0.000000178. The molecule has 0 saturated carbocycles. The first-order valence-corrected chi connectivity index (χ1v) is 22.5. The van der Waals surface area contributed by atoms with Crippen LogP contribution in [0.4, 0.5) is 13.2 Å². The van der Waals surface area contributed by atoms with Gasteiger partial charge in [-0.15, -0.1) is 0 Å². The van der Waals surface area contributed by atoms with Crippen LogP contribution in [-0.2, 0) is 20.3 Å². The highest BCUT2D eigenvalue weighted by Crippen LogP contribution is 2.43. The van der Waals surface area contributed by atoms with Crippen molar-refractivity contribution < 1.29 is 13.2 Å². The molecular weight excluding hydrogens is 796 g/mol. The molecule has 8 aromatic rings. The van der Waals surface area contributed by atoms with Gasteiger partial charge in [0.1, 0.15) is 0 Å². The van der Waals surface area contributed by atoms with Crippen molar-refractivity contribution >= 4 is 43.6 Å². The number of halogens is 3. The van der Waals surface area contributed by atoms with Crippen molar-refractivity contribution in [3.05, 3.63) is 149 Å². The maximum absolute atomic E-state index is 12.5. The second kappa shape index (κ2) is 18.4. The molecule has 0 spiro atoms. The first-order valence-electron chi connectivity index (χ1n) is 22.5. The van der Waals surface area contributed by atoms with Gasteiger partial charge in [0.25, 0.3) is 0 Å². The summed E-state index contributed by atoms with van der Waals surface area (Å²) in [6, 6.07) is 13.9. The summed E-state index contributed by atoms with van der Waals surface area (Å²) in [6.45, 7) is 40.3. The molecule has 0 saturated heterocycles. The summed E-state index contributed by atoms with van der Waals surface area (Å²) in [5, 5.41) is 14.8. The molecule has 64 heavy (non-hydrogen) atoms. The summed E-state index contributed by atoms with van der Waals surface area (Å²) in [5.74, 6) is 0. The van der Waals surface area contributed by atoms with Gasteiger partial charge in [-0.2, -0.15) is 18.4 Å². The fourth-order valence-electron chi connectivity index (χ4n) is 9.98. The number of hydrogen-bond donors (Lipinski definition) is 0. The van der Waals surface area contributed by atoms with Gasteiger partial charge in [-0.25, -0.2) is 0 Å². The van der Waals surface area contributed by atoms with Crippen molar-refractivity contribution in [1.29, 1.82) is 5.26 Å². The molecule has 0 aliphatic rings. The van der Waals surface area contributed by atoms with Crippen LogP contribution in [0.15, 0.2) is 48.5 Å². The van der Waals surface area contributed by atoms with E-state index in [1.807, 2.05) is 13.8 Å². The second-order valence-corrected chi connectivity index (χ2v) is 17.7. The van der Waals surface area contributed by atoms with Crippen LogP contribution in [0.2, 0.25) is 0 Å². The van der Waals surface area contributed by atoms with E-state index in [1.54, 1.807) is 36.4 Å². The number of benzene rings is 6. The zero-order chi connectivity index (χ0) is 48.2. The third-order valence-electron chi connectivity index (χ3n) is 15.0. The molecule has 0 radical (unpaired) electrons. The first-order chi connectivity index (χ1) is 29.9. The lowest BCUT2D eigenvalue weighted by Gasteiger charge is -2.13. The van der Waals surface area contributed by atoms with Crippen molar-refractivity contribution in [1.82, 2.24) is 9.13 Å². The molecule has 8 rings (SSSR count). The number of nitriles is 1. The quantitative estimate of drug-likeness (QED) is 0.162. The number of hydrogen-bond acceptors (Lipinski definition) is 1. The summed E-state index contributed by atoms with van der Waals surface area (Å²) in [7, 11) is 4.46. The fraction of sp³-hybridized carbons (Fsp3) is 0.362. The van der Waals surface area contributed by atoms with Crippen LogP contribution in [-0.4, -0.2) is 9.13 Å². The van der Waals surface area contributed by atoms with Gasteiger partial charge in [-0.1, -0.05) is 50.2 Å². The summed E-state index contributed by atoms with van der Waals surface area (Å²) in [6.07, 6.45) is -4.43. The normalized spacial score (nSPS) is 11.3. The smallest absolute Gasteiger partial charge is 0.343 e. The summed E-state index contributed by atoms with van der Waals surface area (Å²) >= 11 is 0. The molecule has 336 valence electrons. The Labute approximate surface area is 380 Å². The highest BCUT2D eigenvalue weighted by molar-refractivity contribution is 6.15. The fourth-order valence-corrected chi connectivity index (χ4v) is 9.98. The van der Waals surface area contributed by atoms with Crippen LogP contribution in [0.1, 0.15) is 114 Å². The lowest BCUT2D eigenvalue weighted by molar-refractivity contribution is -0.137. The van der Waals surface area contributed by atoms with Gasteiger partial charge in [0.2, 0.25) is 0 Å². The van der Waals surface area contributed by atoms with Gasteiger partial charge in [0.05, 0.1) is 39.3 Å². The second-order valence-electron chi connectivity index (χ2n) is 17.7. The molecule has 0 aliphatic carbocycles. The molecule has 0 N–H and O–H groups in total. The summed E-state index contributed by atoms with van der Waals surface area (Å²) in [4.78, 5) is 0. The van der Waals surface area contributed by atoms with E-state index in [-0.39, 0.29) is 5.56 Å². The van der Waals surface area contributed by atoms with Gasteiger partial charge < -0.3 is 9.13 Å². The lowest BCUT2D eigenvalue weighted by Crippen LogP contribution is -2.05.